The van der Waals surface area contributed by atoms with E-state index in [1.165, 1.54) is 6.07 Å². The normalized spacial score (nSPS) is 12.4. The lowest BCUT2D eigenvalue weighted by Crippen LogP contribution is -2.03. The molecule has 4 nitrogen and oxygen atoms in total. The minimum Gasteiger partial charge on any atom is -0.396 e. The van der Waals surface area contributed by atoms with Crippen molar-refractivity contribution in [3.8, 4) is 0 Å². The number of rotatable bonds is 5. The van der Waals surface area contributed by atoms with E-state index in [4.69, 9.17) is 5.11 Å². The first kappa shape index (κ1) is 13.0. The number of thioether (sulfide) groups is 1. The van der Waals surface area contributed by atoms with Crippen LogP contribution in [0.25, 0.3) is 0 Å². The van der Waals surface area contributed by atoms with Gasteiger partial charge in [0.25, 0.3) is 5.69 Å². The van der Waals surface area contributed by atoms with Crippen molar-refractivity contribution >= 4 is 17.4 Å². The van der Waals surface area contributed by atoms with Crippen LogP contribution < -0.4 is 0 Å². The minimum absolute atomic E-state index is 0.122. The van der Waals surface area contributed by atoms with Crippen LogP contribution in [-0.4, -0.2) is 22.4 Å². The second-order valence-electron chi connectivity index (χ2n) is 3.81. The van der Waals surface area contributed by atoms with Crippen molar-refractivity contribution in [2.45, 2.75) is 18.7 Å². The van der Waals surface area contributed by atoms with Crippen molar-refractivity contribution in [3.05, 3.63) is 33.9 Å². The number of non-ortho nitro benzene ring substituents is 1. The van der Waals surface area contributed by atoms with E-state index < -0.39 is 4.92 Å². The fraction of sp³-hybridized carbons (Fsp3) is 0.455. The fourth-order valence-electron chi connectivity index (χ4n) is 1.19. The molecular weight excluding hydrogens is 226 g/mol. The Bertz CT molecular complexity index is 381. The van der Waals surface area contributed by atoms with Crippen LogP contribution in [0.4, 0.5) is 5.69 Å². The first-order valence-electron chi connectivity index (χ1n) is 5.03. The van der Waals surface area contributed by atoms with Gasteiger partial charge < -0.3 is 5.11 Å². The van der Waals surface area contributed by atoms with Gasteiger partial charge in [0, 0.05) is 29.4 Å². The van der Waals surface area contributed by atoms with Gasteiger partial charge in [-0.25, -0.2) is 0 Å². The molecule has 0 bridgehead atoms. The lowest BCUT2D eigenvalue weighted by atomic mass is 10.2. The highest BCUT2D eigenvalue weighted by Gasteiger charge is 2.09. The standard InChI is InChI=1S/C11H15NO3S/c1-8(6-13)7-16-11-4-3-10(12(14)15)5-9(11)2/h3-5,8,13H,6-7H2,1-2H3. The van der Waals surface area contributed by atoms with Crippen LogP contribution in [0, 0.1) is 23.0 Å². The van der Waals surface area contributed by atoms with E-state index in [0.29, 0.717) is 0 Å². The van der Waals surface area contributed by atoms with Gasteiger partial charge in [-0.1, -0.05) is 6.92 Å². The number of nitro benzene ring substituents is 1. The molecule has 0 fully saturated rings. The zero-order valence-corrected chi connectivity index (χ0v) is 10.2. The molecular formula is C11H15NO3S. The summed E-state index contributed by atoms with van der Waals surface area (Å²) >= 11 is 1.62. The summed E-state index contributed by atoms with van der Waals surface area (Å²) in [5.74, 6) is 1.05. The van der Waals surface area contributed by atoms with E-state index in [0.717, 1.165) is 16.2 Å². The van der Waals surface area contributed by atoms with Gasteiger partial charge >= 0.3 is 0 Å². The maximum absolute atomic E-state index is 10.5. The summed E-state index contributed by atoms with van der Waals surface area (Å²) in [5.41, 5.74) is 1.03. The molecule has 88 valence electrons. The van der Waals surface area contributed by atoms with Gasteiger partial charge in [0.2, 0.25) is 0 Å². The number of hydrogen-bond donors (Lipinski definition) is 1. The van der Waals surface area contributed by atoms with Crippen molar-refractivity contribution < 1.29 is 10.0 Å². The molecule has 0 aliphatic carbocycles. The highest BCUT2D eigenvalue weighted by Crippen LogP contribution is 2.27. The molecule has 0 saturated heterocycles. The number of aliphatic hydroxyl groups is 1. The highest BCUT2D eigenvalue weighted by atomic mass is 32.2. The molecule has 1 aromatic rings. The van der Waals surface area contributed by atoms with E-state index in [-0.39, 0.29) is 18.2 Å². The molecule has 1 N–H and O–H groups in total. The molecule has 0 spiro atoms. The van der Waals surface area contributed by atoms with Crippen LogP contribution in [0.2, 0.25) is 0 Å². The number of aliphatic hydroxyl groups excluding tert-OH is 1. The van der Waals surface area contributed by atoms with E-state index in [1.807, 2.05) is 13.8 Å². The lowest BCUT2D eigenvalue weighted by Gasteiger charge is -2.08. The van der Waals surface area contributed by atoms with Crippen molar-refractivity contribution in [1.29, 1.82) is 0 Å². The first-order valence-corrected chi connectivity index (χ1v) is 6.02. The summed E-state index contributed by atoms with van der Waals surface area (Å²) < 4.78 is 0. The maximum Gasteiger partial charge on any atom is 0.269 e. The summed E-state index contributed by atoms with van der Waals surface area (Å²) in [7, 11) is 0. The Hall–Kier alpha value is -1.07. The topological polar surface area (TPSA) is 63.4 Å². The van der Waals surface area contributed by atoms with Crippen molar-refractivity contribution in [1.82, 2.24) is 0 Å². The molecule has 0 aromatic heterocycles. The molecule has 1 aromatic carbocycles. The summed E-state index contributed by atoms with van der Waals surface area (Å²) in [6.45, 7) is 3.99. The van der Waals surface area contributed by atoms with Crippen LogP contribution in [0.1, 0.15) is 12.5 Å². The average molecular weight is 241 g/mol. The molecule has 0 aliphatic rings. The van der Waals surface area contributed by atoms with E-state index in [9.17, 15) is 10.1 Å². The molecule has 0 aliphatic heterocycles. The van der Waals surface area contributed by atoms with Gasteiger partial charge in [0.15, 0.2) is 0 Å². The van der Waals surface area contributed by atoms with Gasteiger partial charge in [-0.3, -0.25) is 10.1 Å². The Morgan fingerprint density at radius 1 is 1.56 bits per heavy atom. The quantitative estimate of drug-likeness (QED) is 0.489. The summed E-state index contributed by atoms with van der Waals surface area (Å²) in [6.07, 6.45) is 0. The molecule has 0 heterocycles. The predicted octanol–water partition coefficient (Wildman–Crippen LogP) is 2.62. The van der Waals surface area contributed by atoms with E-state index in [2.05, 4.69) is 0 Å². The van der Waals surface area contributed by atoms with E-state index >= 15 is 0 Å². The molecule has 0 saturated carbocycles. The zero-order chi connectivity index (χ0) is 12.1. The van der Waals surface area contributed by atoms with E-state index in [1.54, 1.807) is 23.9 Å². The minimum atomic E-state index is -0.391. The van der Waals surface area contributed by atoms with Gasteiger partial charge in [0.1, 0.15) is 0 Å². The third kappa shape index (κ3) is 3.50. The lowest BCUT2D eigenvalue weighted by molar-refractivity contribution is -0.385. The Labute approximate surface area is 98.8 Å². The Kier molecular flexibility index (Phi) is 4.76. The van der Waals surface area contributed by atoms with Crippen molar-refractivity contribution in [2.24, 2.45) is 5.92 Å². The van der Waals surface area contributed by atoms with Crippen LogP contribution >= 0.6 is 11.8 Å². The number of hydrogen-bond acceptors (Lipinski definition) is 4. The third-order valence-electron chi connectivity index (χ3n) is 2.20. The number of nitro groups is 1. The summed E-state index contributed by atoms with van der Waals surface area (Å²) in [4.78, 5) is 11.2. The number of benzene rings is 1. The third-order valence-corrected chi connectivity index (χ3v) is 3.71. The monoisotopic (exact) mass is 241 g/mol. The van der Waals surface area contributed by atoms with Gasteiger partial charge in [-0.15, -0.1) is 11.8 Å². The number of nitrogens with zero attached hydrogens (tertiary/aromatic N) is 1. The molecule has 1 unspecified atom stereocenters. The van der Waals surface area contributed by atoms with Crippen LogP contribution in [0.5, 0.6) is 0 Å². The van der Waals surface area contributed by atoms with Crippen molar-refractivity contribution in [2.75, 3.05) is 12.4 Å². The fourth-order valence-corrected chi connectivity index (χ4v) is 2.21. The van der Waals surface area contributed by atoms with Crippen LogP contribution in [-0.2, 0) is 0 Å². The van der Waals surface area contributed by atoms with Gasteiger partial charge in [-0.05, 0) is 24.5 Å². The second kappa shape index (κ2) is 5.86. The number of aryl methyl sites for hydroxylation is 1. The zero-order valence-electron chi connectivity index (χ0n) is 9.34. The second-order valence-corrected chi connectivity index (χ2v) is 4.87. The Morgan fingerprint density at radius 2 is 2.25 bits per heavy atom. The summed E-state index contributed by atoms with van der Waals surface area (Å²) in [6, 6.07) is 4.85. The Morgan fingerprint density at radius 3 is 2.75 bits per heavy atom. The Balaban J connectivity index is 2.72. The van der Waals surface area contributed by atoms with Gasteiger partial charge in [-0.2, -0.15) is 0 Å². The van der Waals surface area contributed by atoms with Crippen LogP contribution in [0.3, 0.4) is 0 Å². The molecule has 1 atom stereocenters. The van der Waals surface area contributed by atoms with Gasteiger partial charge in [0.05, 0.1) is 4.92 Å². The van der Waals surface area contributed by atoms with Crippen molar-refractivity contribution in [3.63, 3.8) is 0 Å². The molecule has 1 rings (SSSR count). The average Bonchev–Trinajstić information content (AvgIpc) is 2.26. The SMILES string of the molecule is Cc1cc([N+](=O)[O-])ccc1SCC(C)CO. The molecule has 0 radical (unpaired) electrons. The largest absolute Gasteiger partial charge is 0.396 e. The molecule has 5 heteroatoms. The summed E-state index contributed by atoms with van der Waals surface area (Å²) in [5, 5.41) is 19.4. The first-order chi connectivity index (χ1) is 7.54. The maximum atomic E-state index is 10.5. The van der Waals surface area contributed by atoms with Crippen LogP contribution in [0.15, 0.2) is 23.1 Å². The highest BCUT2D eigenvalue weighted by molar-refractivity contribution is 7.99. The molecule has 16 heavy (non-hydrogen) atoms. The predicted molar refractivity (Wildman–Crippen MR) is 64.8 cm³/mol. The molecule has 0 amide bonds. The smallest absolute Gasteiger partial charge is 0.269 e.